The van der Waals surface area contributed by atoms with E-state index in [1.807, 2.05) is 27.7 Å². The number of Topliss-reactive ketones (excluding diaryl/α,β-unsaturated/α-hetero) is 2. The third-order valence-corrected chi connectivity index (χ3v) is 6.51. The summed E-state index contributed by atoms with van der Waals surface area (Å²) < 4.78 is 10.6. The van der Waals surface area contributed by atoms with Crippen molar-refractivity contribution in [3.8, 4) is 0 Å². The molecule has 2 fully saturated rings. The lowest BCUT2D eigenvalue weighted by Gasteiger charge is -2.35. The lowest BCUT2D eigenvalue weighted by molar-refractivity contribution is -0.129. The van der Waals surface area contributed by atoms with Gasteiger partial charge in [0.1, 0.15) is 13.2 Å². The van der Waals surface area contributed by atoms with E-state index < -0.39 is 23.3 Å². The molecule has 0 saturated carbocycles. The number of fused-ring (bicyclic) bond motifs is 4. The molecule has 2 N–H and O–H groups in total. The largest absolute Gasteiger partial charge is 0.445 e. The first kappa shape index (κ1) is 31.3. The molecule has 0 aromatic heterocycles. The van der Waals surface area contributed by atoms with Crippen LogP contribution in [0.25, 0.3) is 0 Å². The average Bonchev–Trinajstić information content (AvgIpc) is 3.39. The van der Waals surface area contributed by atoms with Crippen LogP contribution in [0.1, 0.15) is 40.5 Å². The van der Waals surface area contributed by atoms with Crippen molar-refractivity contribution in [3.05, 3.63) is 12.2 Å². The quantitative estimate of drug-likeness (QED) is 0.521. The van der Waals surface area contributed by atoms with Crippen molar-refractivity contribution in [1.29, 1.82) is 0 Å². The summed E-state index contributed by atoms with van der Waals surface area (Å²) >= 11 is 0. The van der Waals surface area contributed by atoms with Gasteiger partial charge in [-0.3, -0.25) is 14.9 Å². The lowest BCUT2D eigenvalue weighted by atomic mass is 9.85. The molecular formula is C23H40N4O6S2. The van der Waals surface area contributed by atoms with Gasteiger partial charge in [0, 0.05) is 38.1 Å². The number of hydrogen-bond acceptors (Lipinski definition) is 8. The molecule has 10 nitrogen and oxygen atoms in total. The highest BCUT2D eigenvalue weighted by Gasteiger charge is 2.50. The summed E-state index contributed by atoms with van der Waals surface area (Å²) in [5.41, 5.74) is -1.94. The van der Waals surface area contributed by atoms with Gasteiger partial charge in [0.05, 0.1) is 17.6 Å². The van der Waals surface area contributed by atoms with Gasteiger partial charge in [0.15, 0.2) is 11.6 Å². The Balaban J connectivity index is 0.00000306. The van der Waals surface area contributed by atoms with Crippen molar-refractivity contribution in [1.82, 2.24) is 20.4 Å². The van der Waals surface area contributed by atoms with Crippen molar-refractivity contribution < 1.29 is 28.7 Å². The summed E-state index contributed by atoms with van der Waals surface area (Å²) in [5.74, 6) is -0.418. The Kier molecular flexibility index (Phi) is 11.6. The fraction of sp³-hybridized carbons (Fsp3) is 0.739. The van der Waals surface area contributed by atoms with Crippen molar-refractivity contribution in [2.75, 3.05) is 45.9 Å². The molecule has 2 atom stereocenters. The summed E-state index contributed by atoms with van der Waals surface area (Å²) in [5, 5.41) is 6.59. The van der Waals surface area contributed by atoms with Crippen LogP contribution in [0.3, 0.4) is 0 Å². The highest BCUT2D eigenvalue weighted by molar-refractivity contribution is 7.59. The van der Waals surface area contributed by atoms with Gasteiger partial charge < -0.3 is 24.6 Å². The van der Waals surface area contributed by atoms with E-state index in [1.54, 1.807) is 12.2 Å². The van der Waals surface area contributed by atoms with Gasteiger partial charge in [-0.25, -0.2) is 9.59 Å². The zero-order valence-corrected chi connectivity index (χ0v) is 23.0. The van der Waals surface area contributed by atoms with E-state index in [1.165, 1.54) is 9.80 Å². The predicted octanol–water partition coefficient (Wildman–Crippen LogP) is 1.33. The standard InChI is InChI=1S/C23H36N4O6.2H2S/c1-16(2)19(29)23-8-10-27(15-23)21(31)33-12-6-5-11-32-20(30)26-9-7-22(14-26,25-17(3)4)18(28)13-24-23;;/h5-6,16-17,24-25H,7-15H2,1-4H3;2*1H2/t22-,23-;;/m0../s1. The van der Waals surface area contributed by atoms with Crippen LogP contribution in [0.5, 0.6) is 0 Å². The second-order valence-corrected chi connectivity index (χ2v) is 9.73. The molecule has 4 bridgehead atoms. The van der Waals surface area contributed by atoms with E-state index in [0.717, 1.165) is 0 Å². The topological polar surface area (TPSA) is 117 Å². The highest BCUT2D eigenvalue weighted by atomic mass is 32.1. The zero-order chi connectivity index (χ0) is 24.2. The molecule has 3 rings (SSSR count). The van der Waals surface area contributed by atoms with E-state index >= 15 is 0 Å². The van der Waals surface area contributed by atoms with E-state index in [4.69, 9.17) is 9.47 Å². The molecule has 200 valence electrons. The number of carbonyl (C=O) groups excluding carboxylic acids is 4. The van der Waals surface area contributed by atoms with Crippen LogP contribution in [0.2, 0.25) is 0 Å². The highest BCUT2D eigenvalue weighted by Crippen LogP contribution is 2.28. The van der Waals surface area contributed by atoms with Crippen molar-refractivity contribution >= 4 is 50.7 Å². The van der Waals surface area contributed by atoms with Gasteiger partial charge in [-0.15, -0.1) is 0 Å². The number of nitrogens with one attached hydrogen (secondary N) is 2. The number of ketones is 2. The van der Waals surface area contributed by atoms with Gasteiger partial charge in [-0.05, 0) is 38.8 Å². The molecule has 0 radical (unpaired) electrons. The number of carbonyl (C=O) groups is 4. The molecule has 0 unspecified atom stereocenters. The fourth-order valence-electron chi connectivity index (χ4n) is 4.87. The van der Waals surface area contributed by atoms with Gasteiger partial charge in [0.2, 0.25) is 0 Å². The summed E-state index contributed by atoms with van der Waals surface area (Å²) in [6.07, 6.45) is 3.08. The van der Waals surface area contributed by atoms with Crippen LogP contribution in [-0.2, 0) is 19.1 Å². The van der Waals surface area contributed by atoms with Crippen LogP contribution in [0.15, 0.2) is 12.2 Å². The smallest absolute Gasteiger partial charge is 0.410 e. The van der Waals surface area contributed by atoms with Crippen LogP contribution < -0.4 is 10.6 Å². The minimum absolute atomic E-state index is 0. The van der Waals surface area contributed by atoms with Gasteiger partial charge in [-0.1, -0.05) is 13.8 Å². The van der Waals surface area contributed by atoms with Gasteiger partial charge in [-0.2, -0.15) is 27.0 Å². The van der Waals surface area contributed by atoms with Crippen LogP contribution in [0, 0.1) is 5.92 Å². The lowest BCUT2D eigenvalue weighted by Crippen LogP contribution is -2.63. The Morgan fingerprint density at radius 1 is 0.943 bits per heavy atom. The van der Waals surface area contributed by atoms with Crippen LogP contribution in [0.4, 0.5) is 9.59 Å². The van der Waals surface area contributed by atoms with Gasteiger partial charge in [0.25, 0.3) is 0 Å². The minimum Gasteiger partial charge on any atom is -0.445 e. The van der Waals surface area contributed by atoms with E-state index in [-0.39, 0.29) is 83.4 Å². The Bertz CT molecular complexity index is 824. The maximum atomic E-state index is 13.5. The molecule has 0 aromatic carbocycles. The Labute approximate surface area is 221 Å². The van der Waals surface area contributed by atoms with Crippen LogP contribution in [-0.4, -0.2) is 96.6 Å². The van der Waals surface area contributed by atoms with Crippen LogP contribution >= 0.6 is 27.0 Å². The molecular weight excluding hydrogens is 492 g/mol. The fourth-order valence-corrected chi connectivity index (χ4v) is 4.87. The number of ether oxygens (including phenoxy) is 2. The predicted molar refractivity (Wildman–Crippen MR) is 142 cm³/mol. The first-order valence-electron chi connectivity index (χ1n) is 11.7. The molecule has 2 amide bonds. The summed E-state index contributed by atoms with van der Waals surface area (Å²) in [6, 6.07) is 0.0185. The number of hydrogen-bond donors (Lipinski definition) is 2. The normalized spacial score (nSPS) is 27.8. The summed E-state index contributed by atoms with van der Waals surface area (Å²) in [6.45, 7) is 8.68. The van der Waals surface area contributed by atoms with Crippen molar-refractivity contribution in [2.24, 2.45) is 5.92 Å². The Morgan fingerprint density at radius 3 is 2.03 bits per heavy atom. The average molecular weight is 533 g/mol. The Morgan fingerprint density at radius 2 is 1.49 bits per heavy atom. The molecule has 12 heteroatoms. The molecule has 2 saturated heterocycles. The zero-order valence-electron chi connectivity index (χ0n) is 21.0. The maximum Gasteiger partial charge on any atom is 0.410 e. The number of cyclic esters (lactones) is 2. The maximum absolute atomic E-state index is 13.5. The monoisotopic (exact) mass is 532 g/mol. The SMILES string of the molecule is CC(C)N[C@@]12CCN(C1)C(=O)OCC=CCOC(=O)N1CC[C@@](C(=O)C(C)C)(C1)NCC2=O.S.S. The second kappa shape index (κ2) is 13.0. The van der Waals surface area contributed by atoms with E-state index in [0.29, 0.717) is 25.9 Å². The molecule has 3 heterocycles. The van der Waals surface area contributed by atoms with E-state index in [9.17, 15) is 19.2 Å². The molecule has 3 aliphatic heterocycles. The molecule has 0 aromatic rings. The Hall–Kier alpha value is -1.76. The third kappa shape index (κ3) is 7.14. The number of nitrogens with zero attached hydrogens (tertiary/aromatic N) is 2. The third-order valence-electron chi connectivity index (χ3n) is 6.51. The minimum atomic E-state index is -1.01. The van der Waals surface area contributed by atoms with Gasteiger partial charge >= 0.3 is 12.2 Å². The summed E-state index contributed by atoms with van der Waals surface area (Å²) in [7, 11) is 0. The first-order chi connectivity index (χ1) is 15.6. The number of rotatable bonds is 4. The molecule has 3 aliphatic rings. The molecule has 35 heavy (non-hydrogen) atoms. The van der Waals surface area contributed by atoms with E-state index in [2.05, 4.69) is 10.6 Å². The molecule has 0 aliphatic carbocycles. The van der Waals surface area contributed by atoms with Crippen molar-refractivity contribution in [2.45, 2.75) is 57.7 Å². The first-order valence-corrected chi connectivity index (χ1v) is 11.7. The second-order valence-electron chi connectivity index (χ2n) is 9.73. The molecule has 0 spiro atoms. The summed E-state index contributed by atoms with van der Waals surface area (Å²) in [4.78, 5) is 54.8. The van der Waals surface area contributed by atoms with Crippen molar-refractivity contribution in [3.63, 3.8) is 0 Å². The number of amides is 2.